The molecule has 9 heteroatoms. The first-order chi connectivity index (χ1) is 16.0. The van der Waals surface area contributed by atoms with Gasteiger partial charge in [0.15, 0.2) is 17.8 Å². The van der Waals surface area contributed by atoms with E-state index in [9.17, 15) is 14.4 Å². The molecule has 0 unspecified atom stereocenters. The van der Waals surface area contributed by atoms with Crippen molar-refractivity contribution in [3.8, 4) is 11.1 Å². The quantitative estimate of drug-likeness (QED) is 0.481. The Balaban J connectivity index is 1.34. The van der Waals surface area contributed by atoms with E-state index in [4.69, 9.17) is 14.3 Å². The molecule has 2 amide bonds. The van der Waals surface area contributed by atoms with Crippen LogP contribution in [0.5, 0.6) is 0 Å². The number of hydrogen-bond donors (Lipinski definition) is 3. The number of nitrogens with zero attached hydrogens (tertiary/aromatic N) is 1. The molecule has 1 atom stereocenters. The predicted octanol–water partition coefficient (Wildman–Crippen LogP) is 3.31. The van der Waals surface area contributed by atoms with Crippen molar-refractivity contribution in [1.82, 2.24) is 15.6 Å². The average Bonchev–Trinajstić information content (AvgIpc) is 3.42. The number of fused-ring (bicyclic) bond motifs is 3. The van der Waals surface area contributed by atoms with Crippen LogP contribution in [-0.2, 0) is 16.1 Å². The first-order valence-corrected chi connectivity index (χ1v) is 10.5. The Morgan fingerprint density at radius 2 is 1.73 bits per heavy atom. The Morgan fingerprint density at radius 1 is 1.09 bits per heavy atom. The summed E-state index contributed by atoms with van der Waals surface area (Å²) in [5.74, 6) is -1.81. The van der Waals surface area contributed by atoms with Gasteiger partial charge < -0.3 is 24.9 Å². The third-order valence-electron chi connectivity index (χ3n) is 5.63. The van der Waals surface area contributed by atoms with Gasteiger partial charge in [0.2, 0.25) is 5.91 Å². The van der Waals surface area contributed by atoms with E-state index in [1.807, 2.05) is 36.4 Å². The van der Waals surface area contributed by atoms with Gasteiger partial charge in [-0.05, 0) is 28.7 Å². The van der Waals surface area contributed by atoms with Crippen LogP contribution in [0.15, 0.2) is 59.3 Å². The van der Waals surface area contributed by atoms with E-state index in [2.05, 4.69) is 27.8 Å². The molecule has 0 radical (unpaired) electrons. The smallest absolute Gasteiger partial charge is 0.407 e. The molecule has 1 heterocycles. The van der Waals surface area contributed by atoms with E-state index in [1.54, 1.807) is 6.92 Å². The zero-order valence-corrected chi connectivity index (χ0v) is 17.9. The molecule has 1 aliphatic carbocycles. The van der Waals surface area contributed by atoms with Crippen molar-refractivity contribution >= 4 is 18.0 Å². The van der Waals surface area contributed by atoms with Crippen LogP contribution in [0, 0.1) is 0 Å². The summed E-state index contributed by atoms with van der Waals surface area (Å²) in [7, 11) is 0. The second-order valence-electron chi connectivity index (χ2n) is 7.58. The number of rotatable bonds is 8. The first kappa shape index (κ1) is 22.1. The Labute approximate surface area is 189 Å². The largest absolute Gasteiger partial charge is 0.476 e. The van der Waals surface area contributed by atoms with E-state index in [0.29, 0.717) is 6.42 Å². The summed E-state index contributed by atoms with van der Waals surface area (Å²) in [6.45, 7) is 1.71. The molecule has 3 N–H and O–H groups in total. The monoisotopic (exact) mass is 449 g/mol. The maximum Gasteiger partial charge on any atom is 0.407 e. The fourth-order valence-electron chi connectivity index (χ4n) is 4.00. The van der Waals surface area contributed by atoms with E-state index in [0.717, 1.165) is 28.6 Å². The molecule has 0 fully saturated rings. The lowest BCUT2D eigenvalue weighted by molar-refractivity contribution is -0.123. The molecule has 0 saturated carbocycles. The van der Waals surface area contributed by atoms with Gasteiger partial charge in [0, 0.05) is 5.92 Å². The lowest BCUT2D eigenvalue weighted by Crippen LogP contribution is -2.46. The molecule has 33 heavy (non-hydrogen) atoms. The Kier molecular flexibility index (Phi) is 6.39. The van der Waals surface area contributed by atoms with Gasteiger partial charge in [0.05, 0.1) is 6.54 Å². The number of aromatic carboxylic acids is 1. The second-order valence-corrected chi connectivity index (χ2v) is 7.58. The van der Waals surface area contributed by atoms with Crippen LogP contribution in [0.25, 0.3) is 11.1 Å². The van der Waals surface area contributed by atoms with Gasteiger partial charge >= 0.3 is 12.1 Å². The Morgan fingerprint density at radius 3 is 2.33 bits per heavy atom. The fourth-order valence-corrected chi connectivity index (χ4v) is 4.00. The summed E-state index contributed by atoms with van der Waals surface area (Å²) in [5.41, 5.74) is 4.17. The maximum absolute atomic E-state index is 12.5. The summed E-state index contributed by atoms with van der Waals surface area (Å²) in [5, 5.41) is 14.2. The zero-order chi connectivity index (χ0) is 23.4. The number of alkyl carbamates (subject to hydrolysis) is 1. The number of carbonyl (C=O) groups is 3. The number of carbonyl (C=O) groups excluding carboxylic acids is 2. The van der Waals surface area contributed by atoms with Gasteiger partial charge in [0.1, 0.15) is 12.6 Å². The topological polar surface area (TPSA) is 131 Å². The van der Waals surface area contributed by atoms with Crippen LogP contribution >= 0.6 is 0 Å². The van der Waals surface area contributed by atoms with Gasteiger partial charge in [-0.15, -0.1) is 0 Å². The molecule has 170 valence electrons. The van der Waals surface area contributed by atoms with Crippen molar-refractivity contribution in [3.05, 3.63) is 77.5 Å². The SMILES string of the molecule is CC[C@H](NC(=O)OCC1c2ccccc2-c2ccccc21)C(=O)NCc1ocnc1C(=O)O. The third-order valence-corrected chi connectivity index (χ3v) is 5.63. The number of benzene rings is 2. The number of amides is 2. The first-order valence-electron chi connectivity index (χ1n) is 10.5. The minimum absolute atomic E-state index is 0.0202. The van der Waals surface area contributed by atoms with Gasteiger partial charge in [0.25, 0.3) is 0 Å². The van der Waals surface area contributed by atoms with E-state index in [1.165, 1.54) is 0 Å². The number of carboxylic acids is 1. The standard InChI is InChI=1S/C24H23N3O6/c1-2-19(22(28)25-11-20-21(23(29)30)26-13-33-20)27-24(31)32-12-18-16-9-5-3-7-14(16)15-8-4-6-10-17(15)18/h3-10,13,18-19H,2,11-12H2,1H3,(H,25,28)(H,27,31)(H,29,30)/t19-/m0/s1. The molecular formula is C24H23N3O6. The molecule has 4 rings (SSSR count). The molecule has 9 nitrogen and oxygen atoms in total. The lowest BCUT2D eigenvalue weighted by atomic mass is 9.98. The van der Waals surface area contributed by atoms with Gasteiger partial charge in [-0.25, -0.2) is 14.6 Å². The summed E-state index contributed by atoms with van der Waals surface area (Å²) in [4.78, 5) is 39.6. The summed E-state index contributed by atoms with van der Waals surface area (Å²) >= 11 is 0. The highest BCUT2D eigenvalue weighted by Crippen LogP contribution is 2.44. The number of ether oxygens (including phenoxy) is 1. The summed E-state index contributed by atoms with van der Waals surface area (Å²) in [6.07, 6.45) is 0.611. The van der Waals surface area contributed by atoms with E-state index < -0.39 is 24.0 Å². The van der Waals surface area contributed by atoms with Gasteiger partial charge in [-0.3, -0.25) is 4.79 Å². The van der Waals surface area contributed by atoms with Gasteiger partial charge in [-0.2, -0.15) is 0 Å². The van der Waals surface area contributed by atoms with Crippen LogP contribution in [0.4, 0.5) is 4.79 Å². The van der Waals surface area contributed by atoms with Crippen LogP contribution in [0.2, 0.25) is 0 Å². The van der Waals surface area contributed by atoms with Crippen molar-refractivity contribution in [2.75, 3.05) is 6.61 Å². The highest BCUT2D eigenvalue weighted by Gasteiger charge is 2.29. The average molecular weight is 449 g/mol. The van der Waals surface area contributed by atoms with Crippen molar-refractivity contribution in [2.24, 2.45) is 0 Å². The predicted molar refractivity (Wildman–Crippen MR) is 118 cm³/mol. The van der Waals surface area contributed by atoms with Crippen LogP contribution < -0.4 is 10.6 Å². The zero-order valence-electron chi connectivity index (χ0n) is 17.9. The molecular weight excluding hydrogens is 426 g/mol. The summed E-state index contributed by atoms with van der Waals surface area (Å²) < 4.78 is 10.5. The molecule has 1 aromatic heterocycles. The molecule has 3 aromatic rings. The Hall–Kier alpha value is -4.14. The third kappa shape index (κ3) is 4.57. The molecule has 0 spiro atoms. The number of oxazole rings is 1. The number of aromatic nitrogens is 1. The highest BCUT2D eigenvalue weighted by atomic mass is 16.5. The number of carboxylic acid groups (broad SMARTS) is 1. The fraction of sp³-hybridized carbons (Fsp3) is 0.250. The van der Waals surface area contributed by atoms with E-state index >= 15 is 0 Å². The highest BCUT2D eigenvalue weighted by molar-refractivity contribution is 5.87. The maximum atomic E-state index is 12.5. The van der Waals surface area contributed by atoms with Crippen molar-refractivity contribution in [1.29, 1.82) is 0 Å². The lowest BCUT2D eigenvalue weighted by Gasteiger charge is -2.18. The number of hydrogen-bond acceptors (Lipinski definition) is 6. The molecule has 0 aliphatic heterocycles. The summed E-state index contributed by atoms with van der Waals surface area (Å²) in [6, 6.07) is 15.2. The van der Waals surface area contributed by atoms with Crippen LogP contribution in [0.1, 0.15) is 46.6 Å². The van der Waals surface area contributed by atoms with Crippen molar-refractivity contribution in [3.63, 3.8) is 0 Å². The van der Waals surface area contributed by atoms with Crippen molar-refractivity contribution < 1.29 is 28.6 Å². The molecule has 2 aromatic carbocycles. The molecule has 0 bridgehead atoms. The van der Waals surface area contributed by atoms with Gasteiger partial charge in [-0.1, -0.05) is 55.5 Å². The van der Waals surface area contributed by atoms with Crippen LogP contribution in [-0.4, -0.2) is 40.7 Å². The van der Waals surface area contributed by atoms with Crippen molar-refractivity contribution in [2.45, 2.75) is 31.8 Å². The normalized spacial score (nSPS) is 13.0. The Bertz CT molecular complexity index is 1140. The minimum Gasteiger partial charge on any atom is -0.476 e. The van der Waals surface area contributed by atoms with E-state index in [-0.39, 0.29) is 30.5 Å². The second kappa shape index (κ2) is 9.56. The minimum atomic E-state index is -1.25. The molecule has 1 aliphatic rings. The molecule has 0 saturated heterocycles. The van der Waals surface area contributed by atoms with Crippen LogP contribution in [0.3, 0.4) is 0 Å². The number of nitrogens with one attached hydrogen (secondary N) is 2.